The van der Waals surface area contributed by atoms with Crippen LogP contribution in [0, 0.1) is 0 Å². The summed E-state index contributed by atoms with van der Waals surface area (Å²) in [5.41, 5.74) is 1.37. The van der Waals surface area contributed by atoms with Crippen molar-refractivity contribution in [2.45, 2.75) is 18.8 Å². The lowest BCUT2D eigenvalue weighted by atomic mass is 9.95. The molecule has 1 rings (SSSR count). The topological polar surface area (TPSA) is 0 Å². The molecule has 0 N–H and O–H groups in total. The standard InChI is InChI=1S/C12H15Br/c1-2-11(9-6-10-13)12-7-4-3-5-8-12/h2-5,7-8,11H,1,6,9-10H2. The van der Waals surface area contributed by atoms with Crippen LogP contribution in [0.5, 0.6) is 0 Å². The molecular formula is C12H15Br. The average Bonchev–Trinajstić information content (AvgIpc) is 2.21. The molecule has 13 heavy (non-hydrogen) atoms. The van der Waals surface area contributed by atoms with Gasteiger partial charge in [-0.2, -0.15) is 0 Å². The average molecular weight is 239 g/mol. The Hall–Kier alpha value is -0.560. The van der Waals surface area contributed by atoms with Crippen LogP contribution in [0.15, 0.2) is 43.0 Å². The van der Waals surface area contributed by atoms with E-state index in [-0.39, 0.29) is 0 Å². The second-order valence-corrected chi connectivity index (χ2v) is 3.88. The summed E-state index contributed by atoms with van der Waals surface area (Å²) >= 11 is 3.45. The predicted molar refractivity (Wildman–Crippen MR) is 62.4 cm³/mol. The first-order valence-corrected chi connectivity index (χ1v) is 5.74. The number of alkyl halides is 1. The minimum Gasteiger partial charge on any atom is -0.102 e. The Morgan fingerprint density at radius 1 is 1.31 bits per heavy atom. The monoisotopic (exact) mass is 238 g/mol. The van der Waals surface area contributed by atoms with Crippen LogP contribution in [-0.2, 0) is 0 Å². The van der Waals surface area contributed by atoms with Gasteiger partial charge < -0.3 is 0 Å². The van der Waals surface area contributed by atoms with Crippen molar-refractivity contribution in [3.8, 4) is 0 Å². The van der Waals surface area contributed by atoms with E-state index in [9.17, 15) is 0 Å². The first-order chi connectivity index (χ1) is 6.38. The molecule has 1 heteroatoms. The summed E-state index contributed by atoms with van der Waals surface area (Å²) in [6.07, 6.45) is 4.42. The van der Waals surface area contributed by atoms with Crippen molar-refractivity contribution in [3.05, 3.63) is 48.6 Å². The highest BCUT2D eigenvalue weighted by molar-refractivity contribution is 9.09. The molecule has 0 saturated carbocycles. The van der Waals surface area contributed by atoms with Gasteiger partial charge in [0.05, 0.1) is 0 Å². The second-order valence-electron chi connectivity index (χ2n) is 3.08. The van der Waals surface area contributed by atoms with Crippen LogP contribution >= 0.6 is 15.9 Å². The van der Waals surface area contributed by atoms with Gasteiger partial charge in [-0.25, -0.2) is 0 Å². The van der Waals surface area contributed by atoms with Crippen molar-refractivity contribution in [3.63, 3.8) is 0 Å². The van der Waals surface area contributed by atoms with E-state index in [0.717, 1.165) is 5.33 Å². The van der Waals surface area contributed by atoms with Crippen molar-refractivity contribution in [2.75, 3.05) is 5.33 Å². The van der Waals surface area contributed by atoms with E-state index >= 15 is 0 Å². The molecule has 0 aromatic heterocycles. The number of hydrogen-bond acceptors (Lipinski definition) is 0. The molecule has 1 unspecified atom stereocenters. The zero-order valence-corrected chi connectivity index (χ0v) is 9.33. The Morgan fingerprint density at radius 3 is 2.54 bits per heavy atom. The van der Waals surface area contributed by atoms with E-state index in [2.05, 4.69) is 46.8 Å². The predicted octanol–water partition coefficient (Wildman–Crippen LogP) is 4.13. The van der Waals surface area contributed by atoms with Gasteiger partial charge in [0.25, 0.3) is 0 Å². The molecule has 0 fully saturated rings. The number of halogens is 1. The van der Waals surface area contributed by atoms with Crippen molar-refractivity contribution in [1.82, 2.24) is 0 Å². The van der Waals surface area contributed by atoms with Gasteiger partial charge in [0, 0.05) is 11.2 Å². The van der Waals surface area contributed by atoms with Gasteiger partial charge in [0.1, 0.15) is 0 Å². The van der Waals surface area contributed by atoms with Crippen molar-refractivity contribution < 1.29 is 0 Å². The van der Waals surface area contributed by atoms with Crippen LogP contribution in [-0.4, -0.2) is 5.33 Å². The zero-order chi connectivity index (χ0) is 9.52. The molecule has 0 amide bonds. The van der Waals surface area contributed by atoms with Gasteiger partial charge in [-0.3, -0.25) is 0 Å². The van der Waals surface area contributed by atoms with Crippen LogP contribution in [0.25, 0.3) is 0 Å². The molecule has 0 nitrogen and oxygen atoms in total. The smallest absolute Gasteiger partial charge is 0.00316 e. The van der Waals surface area contributed by atoms with Crippen molar-refractivity contribution >= 4 is 15.9 Å². The summed E-state index contributed by atoms with van der Waals surface area (Å²) in [7, 11) is 0. The second kappa shape index (κ2) is 5.98. The Kier molecular flexibility index (Phi) is 4.84. The van der Waals surface area contributed by atoms with E-state index in [0.29, 0.717) is 5.92 Å². The summed E-state index contributed by atoms with van der Waals surface area (Å²) in [5, 5.41) is 1.07. The molecule has 70 valence electrons. The van der Waals surface area contributed by atoms with Gasteiger partial charge >= 0.3 is 0 Å². The normalized spacial score (nSPS) is 12.4. The van der Waals surface area contributed by atoms with Gasteiger partial charge in [0.15, 0.2) is 0 Å². The van der Waals surface area contributed by atoms with Gasteiger partial charge in [-0.1, -0.05) is 52.3 Å². The van der Waals surface area contributed by atoms with Gasteiger partial charge in [-0.15, -0.1) is 6.58 Å². The van der Waals surface area contributed by atoms with Crippen molar-refractivity contribution in [2.24, 2.45) is 0 Å². The molecule has 0 aliphatic rings. The Balaban J connectivity index is 2.61. The number of rotatable bonds is 5. The van der Waals surface area contributed by atoms with Gasteiger partial charge in [0.2, 0.25) is 0 Å². The Morgan fingerprint density at radius 2 is 2.00 bits per heavy atom. The lowest BCUT2D eigenvalue weighted by molar-refractivity contribution is 0.726. The quantitative estimate of drug-likeness (QED) is 0.535. The molecule has 0 bridgehead atoms. The highest BCUT2D eigenvalue weighted by atomic mass is 79.9. The van der Waals surface area contributed by atoms with Crippen LogP contribution in [0.2, 0.25) is 0 Å². The first-order valence-electron chi connectivity index (χ1n) is 4.62. The minimum absolute atomic E-state index is 0.513. The minimum atomic E-state index is 0.513. The van der Waals surface area contributed by atoms with E-state index < -0.39 is 0 Å². The molecular weight excluding hydrogens is 224 g/mol. The SMILES string of the molecule is C=CC(CCCBr)c1ccccc1. The molecule has 1 aromatic carbocycles. The first kappa shape index (κ1) is 10.5. The molecule has 1 aromatic rings. The van der Waals surface area contributed by atoms with Crippen molar-refractivity contribution in [1.29, 1.82) is 0 Å². The molecule has 0 saturated heterocycles. The fourth-order valence-electron chi connectivity index (χ4n) is 1.42. The third-order valence-corrected chi connectivity index (χ3v) is 2.72. The number of allylic oxidation sites excluding steroid dienone is 1. The summed E-state index contributed by atoms with van der Waals surface area (Å²) in [6, 6.07) is 10.6. The highest BCUT2D eigenvalue weighted by Gasteiger charge is 2.05. The summed E-state index contributed by atoms with van der Waals surface area (Å²) in [4.78, 5) is 0. The summed E-state index contributed by atoms with van der Waals surface area (Å²) in [5.74, 6) is 0.513. The lowest BCUT2D eigenvalue weighted by Gasteiger charge is -2.11. The Labute approximate surface area is 88.8 Å². The van der Waals surface area contributed by atoms with E-state index in [4.69, 9.17) is 0 Å². The van der Waals surface area contributed by atoms with Gasteiger partial charge in [-0.05, 0) is 18.4 Å². The lowest BCUT2D eigenvalue weighted by Crippen LogP contribution is -1.94. The molecule has 1 atom stereocenters. The van der Waals surface area contributed by atoms with Crippen LogP contribution in [0.4, 0.5) is 0 Å². The number of benzene rings is 1. The maximum atomic E-state index is 3.88. The summed E-state index contributed by atoms with van der Waals surface area (Å²) in [6.45, 7) is 3.88. The molecule has 0 spiro atoms. The largest absolute Gasteiger partial charge is 0.102 e. The Bertz CT molecular complexity index is 241. The molecule has 0 aliphatic carbocycles. The third-order valence-electron chi connectivity index (χ3n) is 2.16. The van der Waals surface area contributed by atoms with E-state index in [1.54, 1.807) is 0 Å². The van der Waals surface area contributed by atoms with Crippen LogP contribution in [0.3, 0.4) is 0 Å². The fraction of sp³-hybridized carbons (Fsp3) is 0.333. The molecule has 0 heterocycles. The zero-order valence-electron chi connectivity index (χ0n) is 7.75. The van der Waals surface area contributed by atoms with Crippen LogP contribution < -0.4 is 0 Å². The highest BCUT2D eigenvalue weighted by Crippen LogP contribution is 2.22. The third kappa shape index (κ3) is 3.35. The molecule has 0 aliphatic heterocycles. The van der Waals surface area contributed by atoms with E-state index in [1.807, 2.05) is 12.1 Å². The molecule has 0 radical (unpaired) electrons. The fourth-order valence-corrected chi connectivity index (χ4v) is 1.74. The number of hydrogen-bond donors (Lipinski definition) is 0. The van der Waals surface area contributed by atoms with Crippen LogP contribution in [0.1, 0.15) is 24.3 Å². The van der Waals surface area contributed by atoms with E-state index in [1.165, 1.54) is 18.4 Å². The maximum absolute atomic E-state index is 3.88. The summed E-state index contributed by atoms with van der Waals surface area (Å²) < 4.78 is 0. The maximum Gasteiger partial charge on any atom is 0.00316 e.